The van der Waals surface area contributed by atoms with Crippen molar-refractivity contribution in [3.63, 3.8) is 0 Å². The van der Waals surface area contributed by atoms with E-state index >= 15 is 0 Å². The molecule has 1 aliphatic carbocycles. The minimum atomic E-state index is -0.543. The lowest BCUT2D eigenvalue weighted by molar-refractivity contribution is 0.0223. The molecule has 21 heavy (non-hydrogen) atoms. The smallest absolute Gasteiger partial charge is 0.0897 e. The van der Waals surface area contributed by atoms with E-state index in [-0.39, 0.29) is 0 Å². The lowest BCUT2D eigenvalue weighted by Gasteiger charge is -2.23. The summed E-state index contributed by atoms with van der Waals surface area (Å²) in [7, 11) is 0. The number of nitrogens with one attached hydrogen (secondary N) is 1. The molecule has 0 aliphatic heterocycles. The predicted octanol–water partition coefficient (Wildman–Crippen LogP) is 2.62. The summed E-state index contributed by atoms with van der Waals surface area (Å²) in [6.07, 6.45) is 11.0. The van der Waals surface area contributed by atoms with Gasteiger partial charge >= 0.3 is 0 Å². The topological polar surface area (TPSA) is 61.7 Å². The predicted molar refractivity (Wildman–Crippen MR) is 86.5 cm³/mol. The van der Waals surface area contributed by atoms with Gasteiger partial charge in [-0.3, -0.25) is 0 Å². The number of rotatable bonds is 13. The second-order valence-electron chi connectivity index (χ2n) is 6.56. The molecule has 0 radical (unpaired) electrons. The van der Waals surface area contributed by atoms with Gasteiger partial charge in [0.05, 0.1) is 18.3 Å². The maximum atomic E-state index is 10.2. The van der Waals surface area contributed by atoms with Crippen LogP contribution in [0, 0.1) is 0 Å². The molecule has 1 unspecified atom stereocenters. The van der Waals surface area contributed by atoms with Crippen molar-refractivity contribution in [1.82, 2.24) is 5.32 Å². The van der Waals surface area contributed by atoms with E-state index in [0.717, 1.165) is 38.7 Å². The molecule has 1 saturated carbocycles. The Hall–Kier alpha value is -0.160. The van der Waals surface area contributed by atoms with Crippen LogP contribution in [0.4, 0.5) is 0 Å². The zero-order chi connectivity index (χ0) is 15.4. The van der Waals surface area contributed by atoms with Gasteiger partial charge in [0, 0.05) is 19.7 Å². The number of hydrogen-bond donors (Lipinski definition) is 3. The monoisotopic (exact) mass is 301 g/mol. The molecule has 4 nitrogen and oxygen atoms in total. The number of unbranched alkanes of at least 4 members (excludes halogenated alkanes) is 5. The van der Waals surface area contributed by atoms with E-state index in [9.17, 15) is 10.2 Å². The fourth-order valence-electron chi connectivity index (χ4n) is 2.94. The minimum Gasteiger partial charge on any atom is -0.389 e. The summed E-state index contributed by atoms with van der Waals surface area (Å²) in [4.78, 5) is 0. The van der Waals surface area contributed by atoms with Crippen molar-refractivity contribution in [3.05, 3.63) is 0 Å². The molecular formula is C17H35NO3. The standard InChI is InChI=1S/C17H35NO3/c1-2-3-4-5-6-9-12-21-14-16(19)13-18-15-17(20)10-7-8-11-17/h16,18-20H,2-15H2,1H3. The molecule has 3 N–H and O–H groups in total. The van der Waals surface area contributed by atoms with E-state index in [4.69, 9.17) is 4.74 Å². The Kier molecular flexibility index (Phi) is 10.3. The average molecular weight is 301 g/mol. The Balaban J connectivity index is 1.86. The van der Waals surface area contributed by atoms with Gasteiger partial charge in [0.1, 0.15) is 0 Å². The van der Waals surface area contributed by atoms with Crippen LogP contribution in [0.2, 0.25) is 0 Å². The summed E-state index contributed by atoms with van der Waals surface area (Å²) in [6.45, 7) is 4.44. The van der Waals surface area contributed by atoms with Gasteiger partial charge in [0.2, 0.25) is 0 Å². The van der Waals surface area contributed by atoms with E-state index < -0.39 is 11.7 Å². The molecule has 0 amide bonds. The lowest BCUT2D eigenvalue weighted by atomic mass is 10.0. The molecular weight excluding hydrogens is 266 g/mol. The summed E-state index contributed by atoms with van der Waals surface area (Å²) in [5.41, 5.74) is -0.543. The maximum Gasteiger partial charge on any atom is 0.0897 e. The Bertz CT molecular complexity index is 242. The zero-order valence-electron chi connectivity index (χ0n) is 13.8. The van der Waals surface area contributed by atoms with Crippen LogP contribution in [0.15, 0.2) is 0 Å². The van der Waals surface area contributed by atoms with Crippen LogP contribution in [-0.4, -0.2) is 48.2 Å². The van der Waals surface area contributed by atoms with E-state index in [1.165, 1.54) is 32.1 Å². The molecule has 4 heteroatoms. The van der Waals surface area contributed by atoms with Crippen molar-refractivity contribution in [3.8, 4) is 0 Å². The third-order valence-electron chi connectivity index (χ3n) is 4.32. The van der Waals surface area contributed by atoms with Gasteiger partial charge in [-0.15, -0.1) is 0 Å². The van der Waals surface area contributed by atoms with Crippen molar-refractivity contribution in [1.29, 1.82) is 0 Å². The molecule has 0 spiro atoms. The third kappa shape index (κ3) is 9.46. The Morgan fingerprint density at radius 1 is 1.10 bits per heavy atom. The molecule has 1 aliphatic rings. The lowest BCUT2D eigenvalue weighted by Crippen LogP contribution is -2.41. The van der Waals surface area contributed by atoms with Crippen LogP contribution >= 0.6 is 0 Å². The van der Waals surface area contributed by atoms with Gasteiger partial charge < -0.3 is 20.3 Å². The fourth-order valence-corrected chi connectivity index (χ4v) is 2.94. The van der Waals surface area contributed by atoms with E-state index in [2.05, 4.69) is 12.2 Å². The fraction of sp³-hybridized carbons (Fsp3) is 1.00. The first-order valence-electron chi connectivity index (χ1n) is 8.85. The molecule has 0 saturated heterocycles. The molecule has 126 valence electrons. The molecule has 0 bridgehead atoms. The summed E-state index contributed by atoms with van der Waals surface area (Å²) >= 11 is 0. The van der Waals surface area contributed by atoms with Crippen LogP contribution in [-0.2, 0) is 4.74 Å². The second-order valence-corrected chi connectivity index (χ2v) is 6.56. The molecule has 0 aromatic carbocycles. The Labute approximate surface area is 130 Å². The van der Waals surface area contributed by atoms with Gasteiger partial charge in [-0.25, -0.2) is 0 Å². The third-order valence-corrected chi connectivity index (χ3v) is 4.32. The highest BCUT2D eigenvalue weighted by Gasteiger charge is 2.30. The largest absolute Gasteiger partial charge is 0.389 e. The van der Waals surface area contributed by atoms with Gasteiger partial charge in [0.25, 0.3) is 0 Å². The van der Waals surface area contributed by atoms with Crippen LogP contribution in [0.1, 0.15) is 71.1 Å². The number of aliphatic hydroxyl groups is 2. The summed E-state index contributed by atoms with van der Waals surface area (Å²) in [6, 6.07) is 0. The van der Waals surface area contributed by atoms with Crippen LogP contribution in [0.5, 0.6) is 0 Å². The highest BCUT2D eigenvalue weighted by atomic mass is 16.5. The Morgan fingerprint density at radius 2 is 1.76 bits per heavy atom. The van der Waals surface area contributed by atoms with Crippen LogP contribution in [0.25, 0.3) is 0 Å². The van der Waals surface area contributed by atoms with Crippen molar-refractivity contribution in [2.75, 3.05) is 26.3 Å². The first-order valence-corrected chi connectivity index (χ1v) is 8.85. The van der Waals surface area contributed by atoms with E-state index in [1.54, 1.807) is 0 Å². The first kappa shape index (κ1) is 18.9. The summed E-state index contributed by atoms with van der Waals surface area (Å²) in [5.74, 6) is 0. The van der Waals surface area contributed by atoms with Crippen molar-refractivity contribution < 1.29 is 14.9 Å². The molecule has 1 fully saturated rings. The maximum absolute atomic E-state index is 10.2. The highest BCUT2D eigenvalue weighted by molar-refractivity contribution is 4.86. The van der Waals surface area contributed by atoms with Crippen LogP contribution in [0.3, 0.4) is 0 Å². The molecule has 0 heterocycles. The van der Waals surface area contributed by atoms with Crippen molar-refractivity contribution >= 4 is 0 Å². The number of ether oxygens (including phenoxy) is 1. The van der Waals surface area contributed by atoms with Gasteiger partial charge in [0.15, 0.2) is 0 Å². The second kappa shape index (κ2) is 11.4. The summed E-state index contributed by atoms with van der Waals surface area (Å²) < 4.78 is 5.50. The molecule has 0 aromatic heterocycles. The Morgan fingerprint density at radius 3 is 2.48 bits per heavy atom. The van der Waals surface area contributed by atoms with Crippen LogP contribution < -0.4 is 5.32 Å². The molecule has 1 atom stereocenters. The van der Waals surface area contributed by atoms with Gasteiger partial charge in [-0.2, -0.15) is 0 Å². The number of hydrogen-bond acceptors (Lipinski definition) is 4. The summed E-state index contributed by atoms with van der Waals surface area (Å²) in [5, 5.41) is 23.1. The van der Waals surface area contributed by atoms with Crippen molar-refractivity contribution in [2.24, 2.45) is 0 Å². The number of aliphatic hydroxyl groups excluding tert-OH is 1. The van der Waals surface area contributed by atoms with Gasteiger partial charge in [-0.05, 0) is 19.3 Å². The molecule has 1 rings (SSSR count). The average Bonchev–Trinajstić information content (AvgIpc) is 2.89. The quantitative estimate of drug-likeness (QED) is 0.458. The van der Waals surface area contributed by atoms with E-state index in [0.29, 0.717) is 19.7 Å². The SMILES string of the molecule is CCCCCCCCOCC(O)CNCC1(O)CCCC1. The van der Waals surface area contributed by atoms with E-state index in [1.807, 2.05) is 0 Å². The zero-order valence-corrected chi connectivity index (χ0v) is 13.8. The minimum absolute atomic E-state index is 0.389. The normalized spacial score (nSPS) is 19.0. The van der Waals surface area contributed by atoms with Crippen molar-refractivity contribution in [2.45, 2.75) is 82.8 Å². The van der Waals surface area contributed by atoms with Gasteiger partial charge in [-0.1, -0.05) is 51.9 Å². The first-order chi connectivity index (χ1) is 10.2. The molecule has 0 aromatic rings. The highest BCUT2D eigenvalue weighted by Crippen LogP contribution is 2.28.